The van der Waals surface area contributed by atoms with Crippen molar-refractivity contribution in [2.75, 3.05) is 6.61 Å². The second-order valence-electron chi connectivity index (χ2n) is 10.5. The van der Waals surface area contributed by atoms with E-state index in [0.717, 1.165) is 17.5 Å². The zero-order valence-electron chi connectivity index (χ0n) is 24.4. The van der Waals surface area contributed by atoms with Gasteiger partial charge in [0.1, 0.15) is 16.5 Å². The minimum absolute atomic E-state index is 0.0811. The number of esters is 1. The van der Waals surface area contributed by atoms with Gasteiger partial charge in [0.25, 0.3) is 11.2 Å². The number of ether oxygens (including phenoxy) is 1. The molecule has 0 aliphatic carbocycles. The number of rotatable bonds is 9. The number of carbonyl (C=O) groups is 1. The molecular formula is C32H29Cl2N3O6S. The number of hydrogen-bond donors (Lipinski definition) is 0. The molecule has 0 saturated carbocycles. The monoisotopic (exact) mass is 653 g/mol. The molecule has 12 heteroatoms. The molecule has 0 N–H and O–H groups in total. The van der Waals surface area contributed by atoms with Gasteiger partial charge in [-0.1, -0.05) is 86.0 Å². The van der Waals surface area contributed by atoms with Crippen molar-refractivity contribution >= 4 is 52.3 Å². The Labute approximate surface area is 266 Å². The van der Waals surface area contributed by atoms with Crippen LogP contribution in [-0.2, 0) is 9.53 Å². The van der Waals surface area contributed by atoms with Gasteiger partial charge in [-0.3, -0.25) is 19.5 Å². The summed E-state index contributed by atoms with van der Waals surface area (Å²) in [5.41, 5.74) is 2.59. The molecule has 0 saturated heterocycles. The van der Waals surface area contributed by atoms with E-state index < -0.39 is 16.9 Å². The fourth-order valence-corrected chi connectivity index (χ4v) is 6.55. The number of hydrogen-bond acceptors (Lipinski definition) is 8. The Kier molecular flexibility index (Phi) is 9.24. The molecule has 1 aliphatic heterocycles. The highest BCUT2D eigenvalue weighted by Gasteiger charge is 2.34. The largest absolute Gasteiger partial charge is 0.463 e. The summed E-state index contributed by atoms with van der Waals surface area (Å²) in [6.07, 6.45) is 2.89. The zero-order chi connectivity index (χ0) is 31.7. The fourth-order valence-electron chi connectivity index (χ4n) is 5.07. The number of benzene rings is 2. The molecule has 2 aromatic carbocycles. The summed E-state index contributed by atoms with van der Waals surface area (Å²) >= 11 is 13.6. The van der Waals surface area contributed by atoms with Crippen LogP contribution in [0, 0.1) is 10.1 Å². The second kappa shape index (κ2) is 12.9. The Hall–Kier alpha value is -3.99. The number of furan rings is 1. The minimum atomic E-state index is -0.719. The number of nitro benzene ring substituents is 1. The van der Waals surface area contributed by atoms with Crippen LogP contribution in [0.1, 0.15) is 69.4 Å². The highest BCUT2D eigenvalue weighted by atomic mass is 35.5. The third-order valence-electron chi connectivity index (χ3n) is 7.21. The highest BCUT2D eigenvalue weighted by molar-refractivity contribution is 7.07. The average molecular weight is 655 g/mol. The lowest BCUT2D eigenvalue weighted by Crippen LogP contribution is -2.40. The lowest BCUT2D eigenvalue weighted by molar-refractivity contribution is -0.384. The number of carbonyl (C=O) groups excluding carboxylic acids is 1. The van der Waals surface area contributed by atoms with Gasteiger partial charge in [0.05, 0.1) is 38.4 Å². The maximum Gasteiger partial charge on any atom is 0.338 e. The van der Waals surface area contributed by atoms with Gasteiger partial charge in [-0.15, -0.1) is 0 Å². The summed E-state index contributed by atoms with van der Waals surface area (Å²) in [5.74, 6) is 0.494. The van der Waals surface area contributed by atoms with Gasteiger partial charge in [-0.25, -0.2) is 9.79 Å². The SMILES string of the molecule is CCCC1=C(C(=O)OCC)[C@H](c2ccc(C(C)C)cc2)n2c(s/c(=C/c3ccc(-c4cc(Cl)c([N+](=O)[O-])cc4Cl)o3)c2=O)=N1. The number of nitrogens with zero attached hydrogens (tertiary/aromatic N) is 3. The predicted octanol–water partition coefficient (Wildman–Crippen LogP) is 7.18. The lowest BCUT2D eigenvalue weighted by Gasteiger charge is -2.26. The maximum absolute atomic E-state index is 14.0. The van der Waals surface area contributed by atoms with Crippen molar-refractivity contribution < 1.29 is 18.9 Å². The van der Waals surface area contributed by atoms with Crippen molar-refractivity contribution in [1.29, 1.82) is 0 Å². The average Bonchev–Trinajstić information content (AvgIpc) is 3.57. The van der Waals surface area contributed by atoms with Crippen LogP contribution in [-0.4, -0.2) is 22.1 Å². The number of halogens is 2. The van der Waals surface area contributed by atoms with Crippen molar-refractivity contribution in [3.63, 3.8) is 0 Å². The van der Waals surface area contributed by atoms with Gasteiger partial charge in [-0.2, -0.15) is 0 Å². The molecule has 0 unspecified atom stereocenters. The first kappa shape index (κ1) is 31.4. The van der Waals surface area contributed by atoms with E-state index in [4.69, 9.17) is 37.3 Å². The molecule has 2 aromatic heterocycles. The van der Waals surface area contributed by atoms with Crippen molar-refractivity contribution in [3.05, 3.63) is 117 Å². The van der Waals surface area contributed by atoms with Gasteiger partial charge in [0.2, 0.25) is 0 Å². The van der Waals surface area contributed by atoms with Crippen molar-refractivity contribution in [1.82, 2.24) is 4.57 Å². The van der Waals surface area contributed by atoms with Gasteiger partial charge < -0.3 is 9.15 Å². The maximum atomic E-state index is 14.0. The summed E-state index contributed by atoms with van der Waals surface area (Å²) in [6.45, 7) is 8.15. The molecule has 0 bridgehead atoms. The van der Waals surface area contributed by atoms with Crippen LogP contribution in [0.25, 0.3) is 17.4 Å². The molecule has 1 aliphatic rings. The van der Waals surface area contributed by atoms with E-state index in [1.807, 2.05) is 31.2 Å². The molecular weight excluding hydrogens is 625 g/mol. The van der Waals surface area contributed by atoms with Crippen LogP contribution < -0.4 is 14.9 Å². The molecule has 44 heavy (non-hydrogen) atoms. The van der Waals surface area contributed by atoms with Crippen molar-refractivity contribution in [2.45, 2.75) is 52.5 Å². The normalized spacial score (nSPS) is 15.0. The first-order valence-corrected chi connectivity index (χ1v) is 15.7. The molecule has 0 spiro atoms. The minimum Gasteiger partial charge on any atom is -0.463 e. The van der Waals surface area contributed by atoms with Crippen LogP contribution in [0.15, 0.2) is 74.0 Å². The standard InChI is InChI=1S/C32H29Cl2N3O6S/c1-5-7-24-28(31(39)42-6-2)29(19-10-8-18(9-11-19)17(3)4)36-30(38)27(44-32(36)35-24)14-20-12-13-26(43-20)21-15-23(34)25(37(40)41)16-22(21)33/h8-17,29H,5-7H2,1-4H3/b27-14+/t29-/m0/s1. The summed E-state index contributed by atoms with van der Waals surface area (Å²) in [5, 5.41) is 11.2. The van der Waals surface area contributed by atoms with E-state index in [9.17, 15) is 19.7 Å². The Morgan fingerprint density at radius 1 is 1.16 bits per heavy atom. The van der Waals surface area contributed by atoms with E-state index in [-0.39, 0.29) is 27.9 Å². The Balaban J connectivity index is 1.64. The molecule has 4 aromatic rings. The number of fused-ring (bicyclic) bond motifs is 1. The molecule has 5 rings (SSSR count). The summed E-state index contributed by atoms with van der Waals surface area (Å²) in [7, 11) is 0. The first-order chi connectivity index (χ1) is 21.0. The predicted molar refractivity (Wildman–Crippen MR) is 171 cm³/mol. The molecule has 0 amide bonds. The van der Waals surface area contributed by atoms with Gasteiger partial charge in [-0.05, 0) is 48.6 Å². The lowest BCUT2D eigenvalue weighted by atomic mass is 9.92. The second-order valence-corrected chi connectivity index (χ2v) is 12.3. The molecule has 3 heterocycles. The Bertz CT molecular complexity index is 1970. The smallest absolute Gasteiger partial charge is 0.338 e. The van der Waals surface area contributed by atoms with E-state index in [0.29, 0.717) is 50.0 Å². The molecule has 228 valence electrons. The van der Waals surface area contributed by atoms with Gasteiger partial charge in [0, 0.05) is 17.7 Å². The van der Waals surface area contributed by atoms with E-state index in [1.165, 1.54) is 23.5 Å². The van der Waals surface area contributed by atoms with Crippen LogP contribution in [0.3, 0.4) is 0 Å². The molecule has 9 nitrogen and oxygen atoms in total. The van der Waals surface area contributed by atoms with Crippen molar-refractivity contribution in [2.24, 2.45) is 4.99 Å². The van der Waals surface area contributed by atoms with E-state index >= 15 is 0 Å². The van der Waals surface area contributed by atoms with E-state index in [2.05, 4.69) is 13.8 Å². The van der Waals surface area contributed by atoms with Gasteiger partial charge in [0.15, 0.2) is 4.80 Å². The van der Waals surface area contributed by atoms with Crippen molar-refractivity contribution in [3.8, 4) is 11.3 Å². The van der Waals surface area contributed by atoms with Crippen LogP contribution >= 0.6 is 34.5 Å². The summed E-state index contributed by atoms with van der Waals surface area (Å²) in [4.78, 5) is 43.2. The first-order valence-electron chi connectivity index (χ1n) is 14.1. The highest BCUT2D eigenvalue weighted by Crippen LogP contribution is 2.37. The Morgan fingerprint density at radius 3 is 2.52 bits per heavy atom. The van der Waals surface area contributed by atoms with E-state index in [1.54, 1.807) is 29.7 Å². The quantitative estimate of drug-likeness (QED) is 0.107. The number of nitro groups is 1. The molecule has 0 fully saturated rings. The summed E-state index contributed by atoms with van der Waals surface area (Å²) < 4.78 is 13.3. The van der Waals surface area contributed by atoms with Gasteiger partial charge >= 0.3 is 5.97 Å². The topological polar surface area (TPSA) is 117 Å². The van der Waals surface area contributed by atoms with Crippen LogP contribution in [0.2, 0.25) is 10.0 Å². The Morgan fingerprint density at radius 2 is 1.89 bits per heavy atom. The number of thiazole rings is 1. The zero-order valence-corrected chi connectivity index (χ0v) is 26.8. The van der Waals surface area contributed by atoms with Crippen LogP contribution in [0.5, 0.6) is 0 Å². The third kappa shape index (κ3) is 6.02. The number of aromatic nitrogens is 1. The molecule has 1 atom stereocenters. The van der Waals surface area contributed by atoms with Crippen LogP contribution in [0.4, 0.5) is 5.69 Å². The number of allylic oxidation sites excluding steroid dienone is 1. The summed E-state index contributed by atoms with van der Waals surface area (Å²) in [6, 6.07) is 13.0. The molecule has 0 radical (unpaired) electrons. The fraction of sp³-hybridized carbons (Fsp3) is 0.281. The third-order valence-corrected chi connectivity index (χ3v) is 8.81.